The van der Waals surface area contributed by atoms with Crippen LogP contribution in [0.3, 0.4) is 0 Å². The number of amides is 1. The number of piperidine rings is 1. The van der Waals surface area contributed by atoms with Crippen molar-refractivity contribution in [1.82, 2.24) is 19.9 Å². The van der Waals surface area contributed by atoms with E-state index in [1.54, 1.807) is 10.9 Å². The summed E-state index contributed by atoms with van der Waals surface area (Å²) in [4.78, 5) is 14.7. The Morgan fingerprint density at radius 3 is 2.22 bits per heavy atom. The first-order chi connectivity index (χ1) is 13.3. The fourth-order valence-electron chi connectivity index (χ4n) is 3.69. The number of hydrogen-bond donors (Lipinski definition) is 0. The fourth-order valence-corrected chi connectivity index (χ4v) is 3.69. The summed E-state index contributed by atoms with van der Waals surface area (Å²) in [6.45, 7) is 2.21. The average molecular weight is 360 g/mol. The number of likely N-dealkylation sites (tertiary alicyclic amines) is 1. The zero-order valence-electron chi connectivity index (χ0n) is 15.4. The lowest BCUT2D eigenvalue weighted by atomic mass is 9.90. The van der Waals surface area contributed by atoms with Gasteiger partial charge in [0.2, 0.25) is 0 Å². The SMILES string of the molecule is O=C(c1cn(Cc2ccccc2)nn1)N1CCC(Cc2ccccc2)CC1. The molecule has 0 bridgehead atoms. The third kappa shape index (κ3) is 4.42. The molecule has 1 fully saturated rings. The Morgan fingerprint density at radius 2 is 1.56 bits per heavy atom. The van der Waals surface area contributed by atoms with E-state index in [1.807, 2.05) is 35.2 Å². The third-order valence-electron chi connectivity index (χ3n) is 5.21. The minimum Gasteiger partial charge on any atom is -0.337 e. The number of hydrogen-bond acceptors (Lipinski definition) is 3. The van der Waals surface area contributed by atoms with Gasteiger partial charge in [0, 0.05) is 13.1 Å². The van der Waals surface area contributed by atoms with Gasteiger partial charge < -0.3 is 4.90 Å². The van der Waals surface area contributed by atoms with Crippen molar-refractivity contribution in [1.29, 1.82) is 0 Å². The summed E-state index contributed by atoms with van der Waals surface area (Å²) in [5.41, 5.74) is 2.96. The van der Waals surface area contributed by atoms with Crippen LogP contribution in [-0.4, -0.2) is 38.9 Å². The molecule has 2 heterocycles. The lowest BCUT2D eigenvalue weighted by Crippen LogP contribution is -2.39. The van der Waals surface area contributed by atoms with Crippen molar-refractivity contribution < 1.29 is 4.79 Å². The predicted molar refractivity (Wildman–Crippen MR) is 104 cm³/mol. The molecule has 1 aliphatic heterocycles. The van der Waals surface area contributed by atoms with Crippen LogP contribution in [0.15, 0.2) is 66.9 Å². The van der Waals surface area contributed by atoms with E-state index >= 15 is 0 Å². The molecule has 0 unspecified atom stereocenters. The van der Waals surface area contributed by atoms with Gasteiger partial charge in [-0.1, -0.05) is 65.9 Å². The van der Waals surface area contributed by atoms with Crippen LogP contribution in [-0.2, 0) is 13.0 Å². The highest BCUT2D eigenvalue weighted by Gasteiger charge is 2.25. The number of carbonyl (C=O) groups excluding carboxylic acids is 1. The first-order valence-corrected chi connectivity index (χ1v) is 9.55. The van der Waals surface area contributed by atoms with E-state index in [2.05, 4.69) is 40.6 Å². The minimum atomic E-state index is -0.00697. The van der Waals surface area contributed by atoms with E-state index in [0.717, 1.165) is 37.9 Å². The lowest BCUT2D eigenvalue weighted by Gasteiger charge is -2.31. The van der Waals surface area contributed by atoms with Crippen LogP contribution in [0.1, 0.15) is 34.5 Å². The van der Waals surface area contributed by atoms with Gasteiger partial charge >= 0.3 is 0 Å². The Bertz CT molecular complexity index is 868. The van der Waals surface area contributed by atoms with Gasteiger partial charge in [-0.05, 0) is 36.3 Å². The standard InChI is InChI=1S/C22H24N4O/c27-22(21-17-26(24-23-21)16-20-9-5-2-6-10-20)25-13-11-19(12-14-25)15-18-7-3-1-4-8-18/h1-10,17,19H,11-16H2. The van der Waals surface area contributed by atoms with Crippen molar-refractivity contribution in [3.05, 3.63) is 83.7 Å². The van der Waals surface area contributed by atoms with Crippen molar-refractivity contribution in [2.45, 2.75) is 25.8 Å². The molecule has 4 rings (SSSR count). The van der Waals surface area contributed by atoms with Gasteiger partial charge in [0.1, 0.15) is 0 Å². The van der Waals surface area contributed by atoms with Crippen molar-refractivity contribution in [3.8, 4) is 0 Å². The molecule has 1 amide bonds. The molecular weight excluding hydrogens is 336 g/mol. The maximum atomic E-state index is 12.7. The summed E-state index contributed by atoms with van der Waals surface area (Å²) in [6, 6.07) is 20.7. The van der Waals surface area contributed by atoms with Crippen LogP contribution in [0.25, 0.3) is 0 Å². The van der Waals surface area contributed by atoms with Gasteiger partial charge in [0.25, 0.3) is 5.91 Å². The summed E-state index contributed by atoms with van der Waals surface area (Å²) in [5, 5.41) is 8.21. The van der Waals surface area contributed by atoms with Gasteiger partial charge in [-0.25, -0.2) is 4.68 Å². The number of carbonyl (C=O) groups is 1. The van der Waals surface area contributed by atoms with Gasteiger partial charge in [-0.2, -0.15) is 0 Å². The second-order valence-electron chi connectivity index (χ2n) is 7.21. The Morgan fingerprint density at radius 1 is 0.926 bits per heavy atom. The third-order valence-corrected chi connectivity index (χ3v) is 5.21. The molecule has 0 atom stereocenters. The van der Waals surface area contributed by atoms with Gasteiger partial charge in [0.05, 0.1) is 12.7 Å². The number of nitrogens with zero attached hydrogens (tertiary/aromatic N) is 4. The predicted octanol–water partition coefficient (Wildman–Crippen LogP) is 3.42. The highest BCUT2D eigenvalue weighted by Crippen LogP contribution is 2.22. The Kier molecular flexibility index (Phi) is 5.28. The van der Waals surface area contributed by atoms with Crippen LogP contribution in [0.2, 0.25) is 0 Å². The largest absolute Gasteiger partial charge is 0.337 e. The minimum absolute atomic E-state index is 0.00697. The van der Waals surface area contributed by atoms with E-state index in [4.69, 9.17) is 0 Å². The first kappa shape index (κ1) is 17.5. The lowest BCUT2D eigenvalue weighted by molar-refractivity contribution is 0.0684. The normalized spacial score (nSPS) is 15.0. The van der Waals surface area contributed by atoms with E-state index in [-0.39, 0.29) is 5.91 Å². The molecule has 138 valence electrons. The number of benzene rings is 2. The van der Waals surface area contributed by atoms with Crippen LogP contribution in [0, 0.1) is 5.92 Å². The maximum Gasteiger partial charge on any atom is 0.276 e. The topological polar surface area (TPSA) is 51.0 Å². The summed E-state index contributed by atoms with van der Waals surface area (Å²) < 4.78 is 1.73. The summed E-state index contributed by atoms with van der Waals surface area (Å²) in [6.07, 6.45) is 4.93. The molecule has 2 aromatic carbocycles. The average Bonchev–Trinajstić information content (AvgIpc) is 3.18. The molecule has 0 radical (unpaired) electrons. The molecule has 1 aromatic heterocycles. The molecule has 0 aliphatic carbocycles. The van der Waals surface area contributed by atoms with E-state index < -0.39 is 0 Å². The van der Waals surface area contributed by atoms with Crippen molar-refractivity contribution >= 4 is 5.91 Å². The molecule has 1 aliphatic rings. The molecule has 5 nitrogen and oxygen atoms in total. The maximum absolute atomic E-state index is 12.7. The zero-order chi connectivity index (χ0) is 18.5. The number of rotatable bonds is 5. The van der Waals surface area contributed by atoms with Crippen LogP contribution < -0.4 is 0 Å². The Hall–Kier alpha value is -2.95. The second-order valence-corrected chi connectivity index (χ2v) is 7.21. The Labute approximate surface area is 159 Å². The number of aromatic nitrogens is 3. The zero-order valence-corrected chi connectivity index (χ0v) is 15.4. The van der Waals surface area contributed by atoms with E-state index in [1.165, 1.54) is 5.56 Å². The van der Waals surface area contributed by atoms with Gasteiger partial charge in [0.15, 0.2) is 5.69 Å². The molecule has 3 aromatic rings. The van der Waals surface area contributed by atoms with Crippen molar-refractivity contribution in [3.63, 3.8) is 0 Å². The molecule has 5 heteroatoms. The molecule has 1 saturated heterocycles. The van der Waals surface area contributed by atoms with Crippen LogP contribution >= 0.6 is 0 Å². The van der Waals surface area contributed by atoms with Crippen molar-refractivity contribution in [2.24, 2.45) is 5.92 Å². The van der Waals surface area contributed by atoms with E-state index in [9.17, 15) is 4.79 Å². The van der Waals surface area contributed by atoms with Gasteiger partial charge in [-0.15, -0.1) is 5.10 Å². The molecule has 27 heavy (non-hydrogen) atoms. The van der Waals surface area contributed by atoms with Crippen LogP contribution in [0.5, 0.6) is 0 Å². The summed E-state index contributed by atoms with van der Waals surface area (Å²) in [7, 11) is 0. The Balaban J connectivity index is 1.32. The van der Waals surface area contributed by atoms with Gasteiger partial charge in [-0.3, -0.25) is 4.79 Å². The summed E-state index contributed by atoms with van der Waals surface area (Å²) in [5.74, 6) is 0.637. The van der Waals surface area contributed by atoms with Crippen LogP contribution in [0.4, 0.5) is 0 Å². The monoisotopic (exact) mass is 360 g/mol. The quantitative estimate of drug-likeness (QED) is 0.700. The van der Waals surface area contributed by atoms with Crippen molar-refractivity contribution in [2.75, 3.05) is 13.1 Å². The molecule has 0 spiro atoms. The highest BCUT2D eigenvalue weighted by atomic mass is 16.2. The second kappa shape index (κ2) is 8.16. The highest BCUT2D eigenvalue weighted by molar-refractivity contribution is 5.92. The fraction of sp³-hybridized carbons (Fsp3) is 0.318. The summed E-state index contributed by atoms with van der Waals surface area (Å²) >= 11 is 0. The smallest absolute Gasteiger partial charge is 0.276 e. The molecule has 0 saturated carbocycles. The molecule has 0 N–H and O–H groups in total. The van der Waals surface area contributed by atoms with E-state index in [0.29, 0.717) is 18.2 Å². The first-order valence-electron chi connectivity index (χ1n) is 9.55. The molecular formula is C22H24N4O.